The molecule has 2 amide bonds. The first kappa shape index (κ1) is 24.5. The zero-order chi connectivity index (χ0) is 25.9. The summed E-state index contributed by atoms with van der Waals surface area (Å²) in [5, 5.41) is 3.43. The lowest BCUT2D eigenvalue weighted by atomic mass is 10.0. The minimum Gasteiger partial charge on any atom is -0.382 e. The van der Waals surface area contributed by atoms with Crippen LogP contribution in [0.1, 0.15) is 60.2 Å². The second kappa shape index (κ2) is 10.4. The zero-order valence-corrected chi connectivity index (χ0v) is 21.5. The first-order valence-electron chi connectivity index (χ1n) is 12.2. The highest BCUT2D eigenvalue weighted by molar-refractivity contribution is 7.15. The molecule has 3 N–H and O–H groups in total. The van der Waals surface area contributed by atoms with Crippen LogP contribution < -0.4 is 11.1 Å². The number of piperidine rings is 1. The summed E-state index contributed by atoms with van der Waals surface area (Å²) in [6.07, 6.45) is 8.81. The Bertz CT molecular complexity index is 1530. The fraction of sp³-hybridized carbons (Fsp3) is 0.296. The number of likely N-dealkylation sites (tertiary alicyclic amines) is 1. The van der Waals surface area contributed by atoms with Gasteiger partial charge in [0.2, 0.25) is 0 Å². The van der Waals surface area contributed by atoms with Crippen molar-refractivity contribution in [2.24, 2.45) is 0 Å². The molecule has 5 rings (SSSR count). The number of carbonyl (C=O) groups is 2. The number of thiazole rings is 1. The van der Waals surface area contributed by atoms with Gasteiger partial charge in [-0.1, -0.05) is 25.0 Å². The van der Waals surface area contributed by atoms with Crippen LogP contribution in [0.15, 0.2) is 42.9 Å². The highest BCUT2D eigenvalue weighted by Gasteiger charge is 2.32. The van der Waals surface area contributed by atoms with E-state index in [1.807, 2.05) is 29.7 Å². The molecule has 1 saturated heterocycles. The van der Waals surface area contributed by atoms with Crippen molar-refractivity contribution in [3.05, 3.63) is 59.1 Å². The number of benzene rings is 1. The SMILES string of the molecule is CC#CC(=O)N1CCCC[C@H]1c1nc(-c2ccc(C(=O)Nc3ncc(CC)s3)cc2)c2c(N)nccn12. The summed E-state index contributed by atoms with van der Waals surface area (Å²) in [4.78, 5) is 41.9. The number of aryl methyl sites for hydroxylation is 1. The number of imidazole rings is 1. The normalized spacial score (nSPS) is 15.3. The predicted molar refractivity (Wildman–Crippen MR) is 144 cm³/mol. The van der Waals surface area contributed by atoms with Crippen molar-refractivity contribution >= 4 is 39.6 Å². The Kier molecular flexibility index (Phi) is 6.88. The molecule has 0 unspecified atom stereocenters. The van der Waals surface area contributed by atoms with Gasteiger partial charge in [-0.05, 0) is 50.7 Å². The summed E-state index contributed by atoms with van der Waals surface area (Å²) in [6.45, 7) is 4.34. The lowest BCUT2D eigenvalue weighted by Gasteiger charge is -2.33. The number of hydrogen-bond donors (Lipinski definition) is 2. The van der Waals surface area contributed by atoms with E-state index in [1.165, 1.54) is 11.3 Å². The lowest BCUT2D eigenvalue weighted by Crippen LogP contribution is -2.38. The molecule has 1 aromatic carbocycles. The first-order chi connectivity index (χ1) is 18.0. The van der Waals surface area contributed by atoms with Crippen molar-refractivity contribution in [2.45, 2.75) is 45.6 Å². The number of nitrogen functional groups attached to an aromatic ring is 1. The van der Waals surface area contributed by atoms with Gasteiger partial charge in [0.05, 0.1) is 6.04 Å². The van der Waals surface area contributed by atoms with E-state index in [-0.39, 0.29) is 17.9 Å². The topological polar surface area (TPSA) is 119 Å². The molecule has 0 aliphatic carbocycles. The average Bonchev–Trinajstić information content (AvgIpc) is 3.54. The Morgan fingerprint density at radius 2 is 2.03 bits per heavy atom. The van der Waals surface area contributed by atoms with Crippen LogP contribution in [0.2, 0.25) is 0 Å². The Labute approximate surface area is 218 Å². The zero-order valence-electron chi connectivity index (χ0n) is 20.7. The maximum absolute atomic E-state index is 12.7. The van der Waals surface area contributed by atoms with Crippen molar-refractivity contribution in [1.82, 2.24) is 24.3 Å². The fourth-order valence-electron chi connectivity index (χ4n) is 4.62. The van der Waals surface area contributed by atoms with Gasteiger partial charge >= 0.3 is 0 Å². The molecule has 1 aliphatic rings. The van der Waals surface area contributed by atoms with E-state index in [1.54, 1.807) is 36.4 Å². The summed E-state index contributed by atoms with van der Waals surface area (Å²) in [5.74, 6) is 6.03. The minimum atomic E-state index is -0.228. The van der Waals surface area contributed by atoms with Crippen LogP contribution in [0.3, 0.4) is 0 Å². The molecule has 188 valence electrons. The fourth-order valence-corrected chi connectivity index (χ4v) is 5.37. The molecule has 1 aliphatic heterocycles. The Balaban J connectivity index is 1.49. The quantitative estimate of drug-likeness (QED) is 0.384. The van der Waals surface area contributed by atoms with Crippen LogP contribution in [0.4, 0.5) is 10.9 Å². The molecule has 4 aromatic rings. The molecule has 4 heterocycles. The number of fused-ring (bicyclic) bond motifs is 1. The van der Waals surface area contributed by atoms with Gasteiger partial charge < -0.3 is 10.6 Å². The first-order valence-corrected chi connectivity index (χ1v) is 13.0. The van der Waals surface area contributed by atoms with E-state index >= 15 is 0 Å². The number of hydrogen-bond acceptors (Lipinski definition) is 7. The smallest absolute Gasteiger partial charge is 0.299 e. The molecule has 1 fully saturated rings. The summed E-state index contributed by atoms with van der Waals surface area (Å²) >= 11 is 1.47. The number of anilines is 2. The second-order valence-corrected chi connectivity index (χ2v) is 9.87. The predicted octanol–water partition coefficient (Wildman–Crippen LogP) is 4.33. The van der Waals surface area contributed by atoms with Crippen LogP contribution in [0.25, 0.3) is 16.8 Å². The number of aromatic nitrogens is 4. The Hall–Kier alpha value is -4.23. The third kappa shape index (κ3) is 4.78. The van der Waals surface area contributed by atoms with E-state index in [0.29, 0.717) is 34.3 Å². The van der Waals surface area contributed by atoms with Crippen LogP contribution in [0.5, 0.6) is 0 Å². The molecule has 10 heteroatoms. The molecular weight excluding hydrogens is 486 g/mol. The second-order valence-electron chi connectivity index (χ2n) is 8.75. The molecule has 0 saturated carbocycles. The average molecular weight is 514 g/mol. The van der Waals surface area contributed by atoms with Gasteiger partial charge in [0.1, 0.15) is 22.9 Å². The largest absolute Gasteiger partial charge is 0.382 e. The monoisotopic (exact) mass is 513 g/mol. The summed E-state index contributed by atoms with van der Waals surface area (Å²) < 4.78 is 1.92. The van der Waals surface area contributed by atoms with Gasteiger partial charge in [-0.2, -0.15) is 0 Å². The number of nitrogens with two attached hydrogens (primary N) is 1. The molecule has 37 heavy (non-hydrogen) atoms. The third-order valence-electron chi connectivity index (χ3n) is 6.45. The van der Waals surface area contributed by atoms with Crippen LogP contribution >= 0.6 is 11.3 Å². The van der Waals surface area contributed by atoms with Gasteiger partial charge in [-0.3, -0.25) is 19.3 Å². The van der Waals surface area contributed by atoms with E-state index in [4.69, 9.17) is 10.7 Å². The summed E-state index contributed by atoms with van der Waals surface area (Å²) in [5.41, 5.74) is 8.94. The maximum Gasteiger partial charge on any atom is 0.299 e. The number of nitrogens with zero attached hydrogens (tertiary/aromatic N) is 5. The molecule has 0 radical (unpaired) electrons. The highest BCUT2D eigenvalue weighted by Crippen LogP contribution is 2.36. The Morgan fingerprint density at radius 3 is 2.76 bits per heavy atom. The van der Waals surface area contributed by atoms with Gasteiger partial charge in [-0.15, -0.1) is 11.3 Å². The van der Waals surface area contributed by atoms with Crippen LogP contribution in [-0.2, 0) is 11.2 Å². The number of rotatable bonds is 5. The number of nitrogens with one attached hydrogen (secondary N) is 1. The van der Waals surface area contributed by atoms with Crippen LogP contribution in [0, 0.1) is 11.8 Å². The van der Waals surface area contributed by atoms with Gasteiger partial charge in [-0.25, -0.2) is 15.0 Å². The van der Waals surface area contributed by atoms with E-state index in [9.17, 15) is 9.59 Å². The minimum absolute atomic E-state index is 0.200. The molecule has 0 bridgehead atoms. The van der Waals surface area contributed by atoms with Crippen molar-refractivity contribution in [1.29, 1.82) is 0 Å². The van der Waals surface area contributed by atoms with E-state index in [0.717, 1.165) is 41.9 Å². The molecule has 9 nitrogen and oxygen atoms in total. The lowest BCUT2D eigenvalue weighted by molar-refractivity contribution is -0.129. The van der Waals surface area contributed by atoms with Crippen molar-refractivity contribution < 1.29 is 9.59 Å². The molecular formula is C27H27N7O2S. The highest BCUT2D eigenvalue weighted by atomic mass is 32.1. The maximum atomic E-state index is 12.7. The standard InChI is InChI=1S/C27H27N7O2S/c1-3-7-21(35)33-14-6-5-8-20(33)25-31-22(23-24(28)29-13-15-34(23)25)17-9-11-18(12-10-17)26(36)32-27-30-16-19(4-2)37-27/h9-13,15-16,20H,4-6,8,14H2,1-2H3,(H2,28,29)(H,30,32,36)/t20-/m0/s1. The van der Waals surface area contributed by atoms with Crippen LogP contribution in [-0.4, -0.2) is 42.6 Å². The van der Waals surface area contributed by atoms with Crippen molar-refractivity contribution in [3.63, 3.8) is 0 Å². The third-order valence-corrected chi connectivity index (χ3v) is 7.50. The Morgan fingerprint density at radius 1 is 1.22 bits per heavy atom. The van der Waals surface area contributed by atoms with Crippen molar-refractivity contribution in [3.8, 4) is 23.1 Å². The van der Waals surface area contributed by atoms with Gasteiger partial charge in [0.25, 0.3) is 11.8 Å². The molecule has 1 atom stereocenters. The van der Waals surface area contributed by atoms with Gasteiger partial charge in [0, 0.05) is 41.1 Å². The number of amides is 2. The molecule has 0 spiro atoms. The van der Waals surface area contributed by atoms with E-state index in [2.05, 4.69) is 27.1 Å². The van der Waals surface area contributed by atoms with E-state index < -0.39 is 0 Å². The molecule has 3 aromatic heterocycles. The number of carbonyl (C=O) groups excluding carboxylic acids is 2. The summed E-state index contributed by atoms with van der Waals surface area (Å²) in [7, 11) is 0. The summed E-state index contributed by atoms with van der Waals surface area (Å²) in [6, 6.07) is 6.98. The van der Waals surface area contributed by atoms with Crippen molar-refractivity contribution in [2.75, 3.05) is 17.6 Å². The van der Waals surface area contributed by atoms with Gasteiger partial charge in [0.15, 0.2) is 5.13 Å².